The third-order valence-corrected chi connectivity index (χ3v) is 5.49. The second-order valence-electron chi connectivity index (χ2n) is 7.70. The number of phenols is 2. The first-order valence-electron chi connectivity index (χ1n) is 9.86. The molecule has 3 N–H and O–H groups in total. The number of aromatic hydroxyl groups is 2. The van der Waals surface area contributed by atoms with Gasteiger partial charge in [0, 0.05) is 17.5 Å². The van der Waals surface area contributed by atoms with Crippen molar-refractivity contribution < 1.29 is 19.7 Å². The summed E-state index contributed by atoms with van der Waals surface area (Å²) in [5.41, 5.74) is 11.1. The number of hydrogen-bond donors (Lipinski definition) is 3. The minimum absolute atomic E-state index is 0.0364. The molecule has 0 amide bonds. The molecule has 0 aliphatic carbocycles. The van der Waals surface area contributed by atoms with Crippen molar-refractivity contribution in [2.75, 3.05) is 6.79 Å². The number of fused-ring (bicyclic) bond motifs is 1. The van der Waals surface area contributed by atoms with E-state index in [1.807, 2.05) is 62.4 Å². The van der Waals surface area contributed by atoms with Crippen LogP contribution in [-0.2, 0) is 0 Å². The van der Waals surface area contributed by atoms with E-state index in [2.05, 4.69) is 5.11 Å². The maximum atomic E-state index is 10.6. The van der Waals surface area contributed by atoms with Gasteiger partial charge in [-0.15, -0.1) is 0 Å². The molecule has 0 aromatic heterocycles. The summed E-state index contributed by atoms with van der Waals surface area (Å²) >= 11 is 0. The maximum absolute atomic E-state index is 10.6. The van der Waals surface area contributed by atoms with Gasteiger partial charge in [-0.05, 0) is 40.8 Å². The highest BCUT2D eigenvalue weighted by atomic mass is 16.7. The van der Waals surface area contributed by atoms with Crippen molar-refractivity contribution in [3.05, 3.63) is 82.9 Å². The summed E-state index contributed by atoms with van der Waals surface area (Å²) < 4.78 is 11.0. The second kappa shape index (κ2) is 8.06. The molecule has 0 bridgehead atoms. The molecule has 0 saturated heterocycles. The molecule has 30 heavy (non-hydrogen) atoms. The summed E-state index contributed by atoms with van der Waals surface area (Å²) in [6, 6.07) is 17.9. The molecule has 0 fully saturated rings. The number of benzene rings is 3. The van der Waals surface area contributed by atoms with Gasteiger partial charge in [-0.25, -0.2) is 5.53 Å². The van der Waals surface area contributed by atoms with Crippen molar-refractivity contribution in [2.24, 2.45) is 5.11 Å². The zero-order valence-corrected chi connectivity index (χ0v) is 16.9. The van der Waals surface area contributed by atoms with E-state index in [4.69, 9.17) is 15.0 Å². The average Bonchev–Trinajstić information content (AvgIpc) is 3.20. The lowest BCUT2D eigenvalue weighted by Crippen LogP contribution is -2.12. The van der Waals surface area contributed by atoms with Crippen LogP contribution in [0.1, 0.15) is 54.0 Å². The van der Waals surface area contributed by atoms with Crippen LogP contribution in [0.4, 0.5) is 0 Å². The molecule has 1 heterocycles. The molecule has 0 spiro atoms. The number of phenolic OH excluding ortho intramolecular Hbond substituents is 2. The van der Waals surface area contributed by atoms with E-state index < -0.39 is 6.04 Å². The first-order valence-corrected chi connectivity index (χ1v) is 9.86. The van der Waals surface area contributed by atoms with Gasteiger partial charge >= 0.3 is 0 Å². The van der Waals surface area contributed by atoms with E-state index in [1.54, 1.807) is 6.07 Å². The van der Waals surface area contributed by atoms with Crippen LogP contribution in [0.2, 0.25) is 0 Å². The SMILES string of the molecule is CC(C)c1cc(C(N=N)C(c2ccccc2)c2ccc3c(c2)OCO3)c(O)cc1O. The van der Waals surface area contributed by atoms with Crippen molar-refractivity contribution in [3.63, 3.8) is 0 Å². The van der Waals surface area contributed by atoms with Gasteiger partial charge in [0.15, 0.2) is 11.5 Å². The van der Waals surface area contributed by atoms with E-state index in [9.17, 15) is 10.2 Å². The fourth-order valence-corrected chi connectivity index (χ4v) is 3.96. The quantitative estimate of drug-likeness (QED) is 0.449. The lowest BCUT2D eigenvalue weighted by atomic mass is 9.81. The highest BCUT2D eigenvalue weighted by molar-refractivity contribution is 5.52. The standard InChI is InChI=1S/C24H24N2O4/c1-14(2)17-11-18(20(28)12-19(17)27)24(26-25)23(15-6-4-3-5-7-15)16-8-9-21-22(10-16)30-13-29-21/h3-12,14,23-25,27-28H,13H2,1-2H3. The smallest absolute Gasteiger partial charge is 0.231 e. The Morgan fingerprint density at radius 3 is 2.23 bits per heavy atom. The third-order valence-electron chi connectivity index (χ3n) is 5.49. The highest BCUT2D eigenvalue weighted by Gasteiger charge is 2.31. The fourth-order valence-electron chi connectivity index (χ4n) is 3.96. The second-order valence-corrected chi connectivity index (χ2v) is 7.70. The highest BCUT2D eigenvalue weighted by Crippen LogP contribution is 2.46. The molecule has 6 nitrogen and oxygen atoms in total. The van der Waals surface area contributed by atoms with Gasteiger partial charge < -0.3 is 19.7 Å². The number of hydrogen-bond acceptors (Lipinski definition) is 6. The van der Waals surface area contributed by atoms with Crippen LogP contribution < -0.4 is 9.47 Å². The van der Waals surface area contributed by atoms with E-state index in [-0.39, 0.29) is 30.1 Å². The fraction of sp³-hybridized carbons (Fsp3) is 0.250. The molecule has 3 aromatic rings. The van der Waals surface area contributed by atoms with E-state index in [1.165, 1.54) is 6.07 Å². The van der Waals surface area contributed by atoms with Crippen LogP contribution in [0.5, 0.6) is 23.0 Å². The van der Waals surface area contributed by atoms with Crippen molar-refractivity contribution in [1.82, 2.24) is 0 Å². The summed E-state index contributed by atoms with van der Waals surface area (Å²) in [5, 5.41) is 24.8. The molecular formula is C24H24N2O4. The van der Waals surface area contributed by atoms with Crippen LogP contribution in [0.25, 0.3) is 0 Å². The van der Waals surface area contributed by atoms with Crippen molar-refractivity contribution in [3.8, 4) is 23.0 Å². The van der Waals surface area contributed by atoms with Crippen LogP contribution in [-0.4, -0.2) is 17.0 Å². The molecule has 3 aromatic carbocycles. The molecule has 1 aliphatic rings. The van der Waals surface area contributed by atoms with Crippen LogP contribution in [0.3, 0.4) is 0 Å². The Labute approximate surface area is 175 Å². The Hall–Kier alpha value is -3.54. The first kappa shape index (κ1) is 19.8. The molecule has 0 radical (unpaired) electrons. The number of rotatable bonds is 6. The Kier molecular flexibility index (Phi) is 5.31. The topological polar surface area (TPSA) is 95.1 Å². The minimum atomic E-state index is -0.689. The van der Waals surface area contributed by atoms with E-state index in [0.29, 0.717) is 22.6 Å². The van der Waals surface area contributed by atoms with Gasteiger partial charge in [-0.1, -0.05) is 50.2 Å². The van der Waals surface area contributed by atoms with Gasteiger partial charge in [0.1, 0.15) is 17.5 Å². The summed E-state index contributed by atoms with van der Waals surface area (Å²) in [6.07, 6.45) is 0. The van der Waals surface area contributed by atoms with Crippen molar-refractivity contribution in [1.29, 1.82) is 5.53 Å². The number of ether oxygens (including phenoxy) is 2. The van der Waals surface area contributed by atoms with E-state index in [0.717, 1.165) is 11.1 Å². The zero-order valence-electron chi connectivity index (χ0n) is 16.9. The predicted octanol–water partition coefficient (Wildman–Crippen LogP) is 5.85. The zero-order chi connectivity index (χ0) is 21.3. The first-order chi connectivity index (χ1) is 14.5. The Bertz CT molecular complexity index is 1070. The lowest BCUT2D eigenvalue weighted by Gasteiger charge is -2.26. The summed E-state index contributed by atoms with van der Waals surface area (Å²) in [4.78, 5) is 0. The lowest BCUT2D eigenvalue weighted by molar-refractivity contribution is 0.174. The predicted molar refractivity (Wildman–Crippen MR) is 113 cm³/mol. The molecular weight excluding hydrogens is 380 g/mol. The summed E-state index contributed by atoms with van der Waals surface area (Å²) in [7, 11) is 0. The number of nitrogens with zero attached hydrogens (tertiary/aromatic N) is 1. The van der Waals surface area contributed by atoms with Crippen LogP contribution in [0.15, 0.2) is 65.8 Å². The van der Waals surface area contributed by atoms with Crippen LogP contribution >= 0.6 is 0 Å². The van der Waals surface area contributed by atoms with Crippen molar-refractivity contribution >= 4 is 0 Å². The molecule has 2 atom stereocenters. The van der Waals surface area contributed by atoms with Gasteiger partial charge in [-0.2, -0.15) is 5.11 Å². The van der Waals surface area contributed by atoms with Gasteiger partial charge in [-0.3, -0.25) is 0 Å². The monoisotopic (exact) mass is 404 g/mol. The molecule has 4 rings (SSSR count). The molecule has 2 unspecified atom stereocenters. The van der Waals surface area contributed by atoms with Crippen LogP contribution in [0, 0.1) is 5.53 Å². The summed E-state index contributed by atoms with van der Waals surface area (Å²) in [6.45, 7) is 4.11. The average molecular weight is 404 g/mol. The maximum Gasteiger partial charge on any atom is 0.231 e. The number of nitrogens with one attached hydrogen (secondary N) is 1. The van der Waals surface area contributed by atoms with E-state index >= 15 is 0 Å². The molecule has 6 heteroatoms. The molecule has 1 aliphatic heterocycles. The van der Waals surface area contributed by atoms with Gasteiger partial charge in [0.25, 0.3) is 0 Å². The van der Waals surface area contributed by atoms with Gasteiger partial charge in [0.2, 0.25) is 6.79 Å². The summed E-state index contributed by atoms with van der Waals surface area (Å²) in [5.74, 6) is 0.994. The molecule has 154 valence electrons. The molecule has 0 saturated carbocycles. The van der Waals surface area contributed by atoms with Crippen molar-refractivity contribution in [2.45, 2.75) is 31.7 Å². The Morgan fingerprint density at radius 2 is 1.53 bits per heavy atom. The normalized spacial score (nSPS) is 14.5. The van der Waals surface area contributed by atoms with Gasteiger partial charge in [0.05, 0.1) is 0 Å². The Balaban J connectivity index is 1.88. The third kappa shape index (κ3) is 3.56. The largest absolute Gasteiger partial charge is 0.508 e. The Morgan fingerprint density at radius 1 is 0.833 bits per heavy atom. The minimum Gasteiger partial charge on any atom is -0.508 e.